The molecule has 0 aromatic heterocycles. The fourth-order valence-electron chi connectivity index (χ4n) is 0.343. The molecule has 0 bridgehead atoms. The van der Waals surface area contributed by atoms with Gasteiger partial charge >= 0.3 is 11.9 Å². The average molecular weight is 216 g/mol. The van der Waals surface area contributed by atoms with Crippen LogP contribution >= 0.6 is 0 Å². The van der Waals surface area contributed by atoms with Crippen molar-refractivity contribution in [1.82, 2.24) is 4.90 Å². The lowest BCUT2D eigenvalue weighted by molar-refractivity contribution is -0.134. The number of aliphatic carboxylic acids is 2. The van der Waals surface area contributed by atoms with E-state index in [2.05, 4.69) is 4.99 Å². The number of carbonyl (C=O) groups is 2. The van der Waals surface area contributed by atoms with E-state index in [4.69, 9.17) is 10.2 Å². The van der Waals surface area contributed by atoms with E-state index in [1.165, 1.54) is 0 Å². The van der Waals surface area contributed by atoms with Gasteiger partial charge in [-0.1, -0.05) is 0 Å². The van der Waals surface area contributed by atoms with Gasteiger partial charge < -0.3 is 15.1 Å². The highest BCUT2D eigenvalue weighted by molar-refractivity contribution is 5.89. The fraction of sp³-hybridized carbons (Fsp3) is 0.444. The molecule has 0 radical (unpaired) electrons. The maximum atomic E-state index is 9.55. The first kappa shape index (κ1) is 15.6. The lowest BCUT2D eigenvalue weighted by atomic mass is 10.5. The van der Waals surface area contributed by atoms with Crippen molar-refractivity contribution in [3.8, 4) is 0 Å². The molecule has 0 rings (SSSR count). The molecule has 0 atom stereocenters. The second kappa shape index (κ2) is 8.74. The largest absolute Gasteiger partial charge is 0.478 e. The normalized spacial score (nSPS) is 10.5. The second-order valence-corrected chi connectivity index (χ2v) is 2.68. The molecule has 0 spiro atoms. The van der Waals surface area contributed by atoms with Crippen LogP contribution in [0.5, 0.6) is 0 Å². The topological polar surface area (TPSA) is 90.2 Å². The number of rotatable bonds is 2. The average Bonchev–Trinajstić information content (AvgIpc) is 2.14. The molecule has 0 aromatic rings. The van der Waals surface area contributed by atoms with Crippen LogP contribution in [0.4, 0.5) is 0 Å². The Morgan fingerprint density at radius 2 is 1.47 bits per heavy atom. The summed E-state index contributed by atoms with van der Waals surface area (Å²) in [4.78, 5) is 25.0. The summed E-state index contributed by atoms with van der Waals surface area (Å²) in [5, 5.41) is 15.6. The summed E-state index contributed by atoms with van der Waals surface area (Å²) >= 11 is 0. The molecule has 2 N–H and O–H groups in total. The van der Waals surface area contributed by atoms with Crippen molar-refractivity contribution in [2.75, 3.05) is 21.1 Å². The Labute approximate surface area is 88.5 Å². The summed E-state index contributed by atoms with van der Waals surface area (Å²) in [6, 6.07) is 0. The van der Waals surface area contributed by atoms with Crippen LogP contribution in [0.15, 0.2) is 17.1 Å². The van der Waals surface area contributed by atoms with E-state index in [1.807, 2.05) is 25.9 Å². The number of carboxylic acid groups (broad SMARTS) is 2. The highest BCUT2D eigenvalue weighted by Gasteiger charge is 1.88. The minimum Gasteiger partial charge on any atom is -0.478 e. The van der Waals surface area contributed by atoms with Gasteiger partial charge in [0.05, 0.1) is 5.84 Å². The van der Waals surface area contributed by atoms with Crippen LogP contribution in [0.3, 0.4) is 0 Å². The van der Waals surface area contributed by atoms with Crippen molar-refractivity contribution in [2.24, 2.45) is 4.99 Å². The van der Waals surface area contributed by atoms with Crippen molar-refractivity contribution >= 4 is 17.8 Å². The van der Waals surface area contributed by atoms with Gasteiger partial charge in [0.2, 0.25) is 0 Å². The summed E-state index contributed by atoms with van der Waals surface area (Å²) in [6.45, 7) is 1.97. The molecule has 0 aromatic carbocycles. The number of aliphatic imine (C=N–C) groups is 1. The highest BCUT2D eigenvalue weighted by Crippen LogP contribution is 1.76. The van der Waals surface area contributed by atoms with Gasteiger partial charge in [-0.05, 0) is 6.92 Å². The lowest BCUT2D eigenvalue weighted by Crippen LogP contribution is -2.17. The molecule has 15 heavy (non-hydrogen) atoms. The zero-order chi connectivity index (χ0) is 12.4. The minimum absolute atomic E-state index is 0.558. The van der Waals surface area contributed by atoms with E-state index in [0.717, 1.165) is 5.84 Å². The Kier molecular flexibility index (Phi) is 9.09. The summed E-state index contributed by atoms with van der Waals surface area (Å²) in [7, 11) is 5.74. The molecule has 0 heterocycles. The first-order valence-electron chi connectivity index (χ1n) is 4.05. The molecular weight excluding hydrogens is 200 g/mol. The van der Waals surface area contributed by atoms with Crippen LogP contribution in [0.1, 0.15) is 6.92 Å². The standard InChI is InChI=1S/C5H12N2.C4H4O4/c1-5(6-2)7(3)4;5-3(6)1-2-4(7)8/h1-4H3;1-2H,(H,5,6)(H,7,8). The molecule has 0 amide bonds. The maximum Gasteiger partial charge on any atom is 0.328 e. The second-order valence-electron chi connectivity index (χ2n) is 2.68. The van der Waals surface area contributed by atoms with Gasteiger partial charge in [-0.25, -0.2) is 9.59 Å². The number of nitrogens with zero attached hydrogens (tertiary/aromatic N) is 2. The van der Waals surface area contributed by atoms with Crippen molar-refractivity contribution in [3.05, 3.63) is 12.2 Å². The van der Waals surface area contributed by atoms with Gasteiger partial charge in [0.15, 0.2) is 0 Å². The quantitative estimate of drug-likeness (QED) is 0.394. The van der Waals surface area contributed by atoms with Crippen molar-refractivity contribution in [1.29, 1.82) is 0 Å². The molecule has 6 heteroatoms. The summed E-state index contributed by atoms with van der Waals surface area (Å²) in [6.07, 6.45) is 1.12. The van der Waals surface area contributed by atoms with Gasteiger partial charge in [0.1, 0.15) is 0 Å². The van der Waals surface area contributed by atoms with Gasteiger partial charge in [0.25, 0.3) is 0 Å². The van der Waals surface area contributed by atoms with E-state index in [0.29, 0.717) is 12.2 Å². The number of hydrogen-bond donors (Lipinski definition) is 2. The van der Waals surface area contributed by atoms with Crippen LogP contribution in [-0.4, -0.2) is 54.0 Å². The van der Waals surface area contributed by atoms with Gasteiger partial charge in [0, 0.05) is 33.3 Å². The third kappa shape index (κ3) is 15.0. The minimum atomic E-state index is -1.26. The Bertz CT molecular complexity index is 253. The predicted octanol–water partition coefficient (Wildman–Crippen LogP) is 0.308. The first-order valence-corrected chi connectivity index (χ1v) is 4.05. The van der Waals surface area contributed by atoms with Crippen LogP contribution < -0.4 is 0 Å². The van der Waals surface area contributed by atoms with Crippen molar-refractivity contribution in [3.63, 3.8) is 0 Å². The Balaban J connectivity index is 0. The van der Waals surface area contributed by atoms with Crippen LogP contribution in [-0.2, 0) is 9.59 Å². The zero-order valence-corrected chi connectivity index (χ0v) is 9.26. The Morgan fingerprint density at radius 1 is 1.13 bits per heavy atom. The van der Waals surface area contributed by atoms with Crippen LogP contribution in [0, 0.1) is 0 Å². The SMILES string of the molecule is CN=C(C)N(C)C.O=C(O)C=CC(=O)O. The predicted molar refractivity (Wildman–Crippen MR) is 57.1 cm³/mol. The molecule has 0 aliphatic carbocycles. The molecule has 0 saturated carbocycles. The van der Waals surface area contributed by atoms with Crippen LogP contribution in [0.2, 0.25) is 0 Å². The maximum absolute atomic E-state index is 9.55. The molecular formula is C9H16N2O4. The zero-order valence-electron chi connectivity index (χ0n) is 9.26. The molecule has 0 unspecified atom stereocenters. The summed E-state index contributed by atoms with van der Waals surface area (Å²) in [5.41, 5.74) is 0. The lowest BCUT2D eigenvalue weighted by Gasteiger charge is -2.08. The fourth-order valence-corrected chi connectivity index (χ4v) is 0.343. The number of amidine groups is 1. The van der Waals surface area contributed by atoms with Crippen LogP contribution in [0.25, 0.3) is 0 Å². The van der Waals surface area contributed by atoms with Gasteiger partial charge in [-0.2, -0.15) is 0 Å². The van der Waals surface area contributed by atoms with E-state index < -0.39 is 11.9 Å². The Hall–Kier alpha value is -1.85. The van der Waals surface area contributed by atoms with E-state index in [-0.39, 0.29) is 0 Å². The van der Waals surface area contributed by atoms with Crippen molar-refractivity contribution < 1.29 is 19.8 Å². The first-order chi connectivity index (χ1) is 6.81. The van der Waals surface area contributed by atoms with E-state index in [9.17, 15) is 9.59 Å². The molecule has 86 valence electrons. The third-order valence-electron chi connectivity index (χ3n) is 1.34. The molecule has 0 aliphatic heterocycles. The monoisotopic (exact) mass is 216 g/mol. The van der Waals surface area contributed by atoms with Gasteiger partial charge in [-0.3, -0.25) is 4.99 Å². The molecule has 0 fully saturated rings. The van der Waals surface area contributed by atoms with E-state index in [1.54, 1.807) is 7.05 Å². The molecule has 0 saturated heterocycles. The molecule has 6 nitrogen and oxygen atoms in total. The highest BCUT2D eigenvalue weighted by atomic mass is 16.4. The van der Waals surface area contributed by atoms with Crippen molar-refractivity contribution in [2.45, 2.75) is 6.92 Å². The Morgan fingerprint density at radius 3 is 1.53 bits per heavy atom. The smallest absolute Gasteiger partial charge is 0.328 e. The van der Waals surface area contributed by atoms with Gasteiger partial charge in [-0.15, -0.1) is 0 Å². The summed E-state index contributed by atoms with van der Waals surface area (Å²) in [5.74, 6) is -1.46. The molecule has 0 aliphatic rings. The number of hydrogen-bond acceptors (Lipinski definition) is 3. The number of carboxylic acids is 2. The summed E-state index contributed by atoms with van der Waals surface area (Å²) < 4.78 is 0. The van der Waals surface area contributed by atoms with E-state index >= 15 is 0 Å². The third-order valence-corrected chi connectivity index (χ3v) is 1.34.